The molecule has 1 fully saturated rings. The normalized spacial score (nSPS) is 28.9. The zero-order chi connectivity index (χ0) is 23.9. The van der Waals surface area contributed by atoms with Crippen molar-refractivity contribution in [1.82, 2.24) is 0 Å². The topological polar surface area (TPSA) is 182 Å². The maximum Gasteiger partial charge on any atom is 0.270 e. The third kappa shape index (κ3) is 4.24. The molecule has 1 saturated heterocycles. The van der Waals surface area contributed by atoms with Gasteiger partial charge >= 0.3 is 0 Å². The number of rotatable bonds is 5. The van der Waals surface area contributed by atoms with Crippen molar-refractivity contribution >= 4 is 6.08 Å². The first-order chi connectivity index (χ1) is 15.7. The molecule has 2 aromatic rings. The van der Waals surface area contributed by atoms with E-state index < -0.39 is 43.4 Å². The summed E-state index contributed by atoms with van der Waals surface area (Å²) in [6, 6.07) is 6.94. The van der Waals surface area contributed by atoms with Crippen molar-refractivity contribution in [1.29, 1.82) is 0 Å². The number of aromatic hydroxyl groups is 4. The monoisotopic (exact) mass is 465 g/mol. The highest BCUT2D eigenvalue weighted by atomic mass is 16.7. The molecular formula is C22H25O11+. The van der Waals surface area contributed by atoms with Crippen molar-refractivity contribution in [2.45, 2.75) is 36.8 Å². The van der Waals surface area contributed by atoms with E-state index in [4.69, 9.17) is 14.2 Å². The lowest BCUT2D eigenvalue weighted by Crippen LogP contribution is -2.59. The quantitative estimate of drug-likeness (QED) is 0.296. The van der Waals surface area contributed by atoms with E-state index in [1.807, 2.05) is 0 Å². The molecule has 33 heavy (non-hydrogen) atoms. The van der Waals surface area contributed by atoms with Crippen molar-refractivity contribution in [3.63, 3.8) is 0 Å². The van der Waals surface area contributed by atoms with Gasteiger partial charge in [-0.3, -0.25) is 0 Å². The molecule has 0 aromatic heterocycles. The van der Waals surface area contributed by atoms with Gasteiger partial charge in [-0.15, -0.1) is 0 Å². The van der Waals surface area contributed by atoms with E-state index in [1.54, 1.807) is 6.07 Å². The first-order valence-corrected chi connectivity index (χ1v) is 10.1. The summed E-state index contributed by atoms with van der Waals surface area (Å²) in [4.78, 5) is 0. The summed E-state index contributed by atoms with van der Waals surface area (Å²) in [6.45, 7) is -0.629. The van der Waals surface area contributed by atoms with Crippen LogP contribution in [0.2, 0.25) is 0 Å². The molecule has 0 aliphatic carbocycles. The number of hydrogen-bond donors (Lipinski definition) is 7. The van der Waals surface area contributed by atoms with Crippen LogP contribution in [0.25, 0.3) is 6.08 Å². The highest BCUT2D eigenvalue weighted by Gasteiger charge is 2.46. The minimum atomic E-state index is -1.66. The SMILES string of the molecule is COc1cc(C2[OH+]c3cc(O)cc(O)c3C=C2O[C@@H]2O[C@H](CO)[C@H](O)[C@H](O)[C@H]2O)ccc1O. The second-order valence-corrected chi connectivity index (χ2v) is 7.72. The second kappa shape index (κ2) is 8.96. The molecule has 0 saturated carbocycles. The number of aliphatic hydroxyl groups excluding tert-OH is 4. The number of benzene rings is 2. The molecule has 8 N–H and O–H groups in total. The highest BCUT2D eigenvalue weighted by molar-refractivity contribution is 5.69. The fourth-order valence-electron chi connectivity index (χ4n) is 3.79. The number of aliphatic hydroxyl groups is 5. The number of hydrogen-bond acceptors (Lipinski definition) is 10. The van der Waals surface area contributed by atoms with Gasteiger partial charge in [0.1, 0.15) is 41.5 Å². The van der Waals surface area contributed by atoms with Crippen LogP contribution >= 0.6 is 0 Å². The smallest absolute Gasteiger partial charge is 0.270 e. The van der Waals surface area contributed by atoms with Crippen molar-refractivity contribution in [3.05, 3.63) is 47.2 Å². The average molecular weight is 465 g/mol. The first-order valence-electron chi connectivity index (χ1n) is 10.1. The van der Waals surface area contributed by atoms with Gasteiger partial charge in [-0.1, -0.05) is 0 Å². The van der Waals surface area contributed by atoms with Crippen LogP contribution in [0.4, 0.5) is 0 Å². The van der Waals surface area contributed by atoms with E-state index >= 15 is 0 Å². The minimum absolute atomic E-state index is 0.0839. The van der Waals surface area contributed by atoms with Crippen molar-refractivity contribution in [2.24, 2.45) is 0 Å². The molecule has 0 spiro atoms. The van der Waals surface area contributed by atoms with Gasteiger partial charge in [0, 0.05) is 12.1 Å². The Morgan fingerprint density at radius 3 is 2.42 bits per heavy atom. The van der Waals surface area contributed by atoms with Gasteiger partial charge < -0.3 is 54.7 Å². The average Bonchev–Trinajstić information content (AvgIpc) is 2.79. The molecule has 11 heteroatoms. The fraction of sp³-hybridized carbons (Fsp3) is 0.364. The van der Waals surface area contributed by atoms with Gasteiger partial charge in [0.15, 0.2) is 17.3 Å². The molecule has 1 unspecified atom stereocenters. The molecule has 2 heterocycles. The van der Waals surface area contributed by atoms with Crippen molar-refractivity contribution in [2.75, 3.05) is 13.7 Å². The summed E-state index contributed by atoms with van der Waals surface area (Å²) in [5.41, 5.74) is 0.725. The Morgan fingerprint density at radius 1 is 0.970 bits per heavy atom. The van der Waals surface area contributed by atoms with Crippen molar-refractivity contribution < 1.29 is 54.7 Å². The standard InChI is InChI=1S/C22H24O11/c1-30-15-4-9(2-3-12(15)25)21-16(7-11-13(26)5-10(24)6-14(11)31-21)32-22-20(29)19(28)18(27)17(8-23)33-22/h2-7,17-29H,8H2,1H3/p+1/t17-,18+,19+,20-,21?,22-/m1/s1. The molecule has 178 valence electrons. The minimum Gasteiger partial charge on any atom is -0.571 e. The van der Waals surface area contributed by atoms with Gasteiger partial charge in [0.05, 0.1) is 25.3 Å². The lowest BCUT2D eigenvalue weighted by atomic mass is 9.98. The molecule has 0 amide bonds. The van der Waals surface area contributed by atoms with Crippen LogP contribution in [0.15, 0.2) is 36.1 Å². The van der Waals surface area contributed by atoms with Crippen LogP contribution in [-0.2, 0) is 9.47 Å². The van der Waals surface area contributed by atoms with E-state index in [9.17, 15) is 35.7 Å². The van der Waals surface area contributed by atoms with E-state index in [-0.39, 0.29) is 40.1 Å². The van der Waals surface area contributed by atoms with Crippen LogP contribution in [0.5, 0.6) is 28.7 Å². The third-order valence-corrected chi connectivity index (χ3v) is 5.57. The lowest BCUT2D eigenvalue weighted by Gasteiger charge is -2.40. The summed E-state index contributed by atoms with van der Waals surface area (Å²) < 4.78 is 21.0. The Morgan fingerprint density at radius 2 is 1.73 bits per heavy atom. The molecule has 11 nitrogen and oxygen atoms in total. The Labute approximate surface area is 187 Å². The summed E-state index contributed by atoms with van der Waals surface area (Å²) in [7, 11) is 1.38. The highest BCUT2D eigenvalue weighted by Crippen LogP contribution is 2.46. The Kier molecular flexibility index (Phi) is 6.23. The Bertz CT molecular complexity index is 1050. The van der Waals surface area contributed by atoms with Crippen LogP contribution in [0, 0.1) is 0 Å². The predicted molar refractivity (Wildman–Crippen MR) is 112 cm³/mol. The molecule has 6 atom stereocenters. The number of phenolic OH excluding ortho intramolecular Hbond substituents is 3. The summed E-state index contributed by atoms with van der Waals surface area (Å²) in [5, 5.41) is 70.0. The Balaban J connectivity index is 1.75. The van der Waals surface area contributed by atoms with E-state index in [1.165, 1.54) is 31.4 Å². The summed E-state index contributed by atoms with van der Waals surface area (Å²) >= 11 is 0. The molecule has 4 rings (SSSR count). The van der Waals surface area contributed by atoms with Gasteiger partial charge in [-0.05, 0) is 18.2 Å². The second-order valence-electron chi connectivity index (χ2n) is 7.72. The number of phenols is 3. The van der Waals surface area contributed by atoms with Crippen LogP contribution in [0.3, 0.4) is 0 Å². The number of ether oxygens (including phenoxy) is 4. The van der Waals surface area contributed by atoms with Crippen LogP contribution in [0.1, 0.15) is 17.2 Å². The van der Waals surface area contributed by atoms with Crippen molar-refractivity contribution in [3.8, 4) is 28.7 Å². The molecule has 2 aromatic carbocycles. The van der Waals surface area contributed by atoms with Crippen LogP contribution < -0.4 is 4.74 Å². The lowest BCUT2D eigenvalue weighted by molar-refractivity contribution is -0.295. The summed E-state index contributed by atoms with van der Waals surface area (Å²) in [6.07, 6.45) is -6.98. The van der Waals surface area contributed by atoms with Gasteiger partial charge in [0.2, 0.25) is 6.29 Å². The van der Waals surface area contributed by atoms with Crippen LogP contribution in [-0.4, -0.2) is 84.9 Å². The first kappa shape index (κ1) is 23.0. The molecule has 0 radical (unpaired) electrons. The maximum atomic E-state index is 10.4. The maximum absolute atomic E-state index is 10.4. The summed E-state index contributed by atoms with van der Waals surface area (Å²) in [5.74, 6) is -0.0760. The third-order valence-electron chi connectivity index (χ3n) is 5.57. The molecule has 0 bridgehead atoms. The Hall–Kier alpha value is -3.22. The molecular weight excluding hydrogens is 440 g/mol. The van der Waals surface area contributed by atoms with E-state index in [0.717, 1.165) is 6.07 Å². The molecule has 2 aliphatic rings. The number of methoxy groups -OCH3 is 1. The largest absolute Gasteiger partial charge is 0.571 e. The van der Waals surface area contributed by atoms with Gasteiger partial charge in [-0.2, -0.15) is 0 Å². The zero-order valence-electron chi connectivity index (χ0n) is 17.4. The van der Waals surface area contributed by atoms with E-state index in [2.05, 4.69) is 4.74 Å². The number of fused-ring (bicyclic) bond motifs is 1. The predicted octanol–water partition coefficient (Wildman–Crippen LogP) is -0.0344. The zero-order valence-corrected chi connectivity index (χ0v) is 17.4. The van der Waals surface area contributed by atoms with Gasteiger partial charge in [0.25, 0.3) is 11.9 Å². The fourth-order valence-corrected chi connectivity index (χ4v) is 3.79. The van der Waals surface area contributed by atoms with Gasteiger partial charge in [-0.25, -0.2) is 0 Å². The molecule has 2 aliphatic heterocycles. The van der Waals surface area contributed by atoms with E-state index in [0.29, 0.717) is 5.56 Å².